The number of aliphatic hydroxyl groups is 1. The number of aromatic nitrogens is 1. The summed E-state index contributed by atoms with van der Waals surface area (Å²) < 4.78 is 0. The van der Waals surface area contributed by atoms with Crippen LogP contribution in [-0.2, 0) is 0 Å². The Bertz CT molecular complexity index is 714. The zero-order valence-corrected chi connectivity index (χ0v) is 14.3. The number of hydrogen-bond donors (Lipinski definition) is 3. The molecule has 2 aromatic rings. The smallest absolute Gasteiger partial charge is 0.321 e. The van der Waals surface area contributed by atoms with Crippen LogP contribution in [0.2, 0.25) is 5.02 Å². The van der Waals surface area contributed by atoms with Gasteiger partial charge in [0.1, 0.15) is 0 Å². The summed E-state index contributed by atoms with van der Waals surface area (Å²) in [6, 6.07) is 7.75. The highest BCUT2D eigenvalue weighted by atomic mass is 35.5. The molecule has 0 aliphatic carbocycles. The first-order valence-corrected chi connectivity index (χ1v) is 7.94. The molecule has 2 rings (SSSR count). The highest BCUT2D eigenvalue weighted by Gasteiger charge is 2.18. The number of amides is 2. The first-order chi connectivity index (χ1) is 11.4. The van der Waals surface area contributed by atoms with Gasteiger partial charge in [-0.05, 0) is 43.7 Å². The highest BCUT2D eigenvalue weighted by molar-refractivity contribution is 6.31. The molecule has 3 N–H and O–H groups in total. The fourth-order valence-electron chi connectivity index (χ4n) is 2.12. The number of carbonyl (C=O) groups is 2. The summed E-state index contributed by atoms with van der Waals surface area (Å²) in [6.45, 7) is 2.06. The second-order valence-corrected chi connectivity index (χ2v) is 6.03. The normalized spacial score (nSPS) is 11.8. The van der Waals surface area contributed by atoms with Gasteiger partial charge in [-0.3, -0.25) is 4.79 Å². The van der Waals surface area contributed by atoms with Gasteiger partial charge in [-0.1, -0.05) is 11.6 Å². The van der Waals surface area contributed by atoms with Crippen molar-refractivity contribution in [1.82, 2.24) is 9.88 Å². The van der Waals surface area contributed by atoms with Crippen LogP contribution in [0, 0.1) is 0 Å². The van der Waals surface area contributed by atoms with E-state index in [2.05, 4.69) is 10.3 Å². The Labute approximate surface area is 145 Å². The average Bonchev–Trinajstić information content (AvgIpc) is 3.07. The summed E-state index contributed by atoms with van der Waals surface area (Å²) in [5, 5.41) is 12.4. The van der Waals surface area contributed by atoms with Gasteiger partial charge in [0.15, 0.2) is 0 Å². The Hall–Kier alpha value is -2.31. The van der Waals surface area contributed by atoms with Gasteiger partial charge >= 0.3 is 6.03 Å². The molecule has 0 saturated heterocycles. The molecule has 0 unspecified atom stereocenters. The van der Waals surface area contributed by atoms with Gasteiger partial charge in [0, 0.05) is 30.4 Å². The van der Waals surface area contributed by atoms with E-state index < -0.39 is 6.10 Å². The van der Waals surface area contributed by atoms with Gasteiger partial charge in [-0.15, -0.1) is 0 Å². The molecule has 1 aromatic carbocycles. The Morgan fingerprint density at radius 1 is 1.38 bits per heavy atom. The third-order valence-electron chi connectivity index (χ3n) is 3.54. The molecule has 6 nitrogen and oxygen atoms in total. The summed E-state index contributed by atoms with van der Waals surface area (Å²) in [6.07, 6.45) is 1.64. The molecule has 0 bridgehead atoms. The number of aliphatic hydroxyl groups excluding tert-OH is 1. The SMILES string of the molecule is C[C@H](O)CCN(C)C(=O)Nc1ccc(Cl)cc1C(=O)c1ccc[nH]1. The Morgan fingerprint density at radius 2 is 2.12 bits per heavy atom. The van der Waals surface area contributed by atoms with Gasteiger partial charge in [0.25, 0.3) is 0 Å². The molecule has 2 amide bonds. The van der Waals surface area contributed by atoms with Crippen LogP contribution in [-0.4, -0.2) is 46.5 Å². The van der Waals surface area contributed by atoms with Crippen molar-refractivity contribution in [3.05, 3.63) is 52.8 Å². The molecule has 0 saturated carbocycles. The lowest BCUT2D eigenvalue weighted by atomic mass is 10.1. The first-order valence-electron chi connectivity index (χ1n) is 7.56. The third-order valence-corrected chi connectivity index (χ3v) is 3.77. The van der Waals surface area contributed by atoms with E-state index in [9.17, 15) is 14.7 Å². The molecule has 0 spiro atoms. The zero-order valence-electron chi connectivity index (χ0n) is 13.5. The summed E-state index contributed by atoms with van der Waals surface area (Å²) in [5.74, 6) is -0.260. The fourth-order valence-corrected chi connectivity index (χ4v) is 2.29. The zero-order chi connectivity index (χ0) is 17.7. The van der Waals surface area contributed by atoms with E-state index in [1.807, 2.05) is 0 Å². The Morgan fingerprint density at radius 3 is 2.75 bits per heavy atom. The number of halogens is 1. The average molecular weight is 350 g/mol. The predicted molar refractivity (Wildman–Crippen MR) is 93.6 cm³/mol. The molecule has 0 aliphatic rings. The summed E-state index contributed by atoms with van der Waals surface area (Å²) in [5.41, 5.74) is 1.10. The van der Waals surface area contributed by atoms with Gasteiger partial charge in [-0.2, -0.15) is 0 Å². The molecule has 0 aliphatic heterocycles. The molecular weight excluding hydrogens is 330 g/mol. The lowest BCUT2D eigenvalue weighted by molar-refractivity contribution is 0.103. The quantitative estimate of drug-likeness (QED) is 0.700. The van der Waals surface area contributed by atoms with Crippen LogP contribution in [0.15, 0.2) is 36.5 Å². The maximum atomic E-state index is 12.6. The van der Waals surface area contributed by atoms with E-state index in [0.717, 1.165) is 0 Å². The topological polar surface area (TPSA) is 85.4 Å². The van der Waals surface area contributed by atoms with Gasteiger partial charge < -0.3 is 20.3 Å². The first kappa shape index (κ1) is 18.0. The summed E-state index contributed by atoms with van der Waals surface area (Å²) in [7, 11) is 1.63. The number of anilines is 1. The second kappa shape index (κ2) is 7.99. The van der Waals surface area contributed by atoms with Crippen molar-refractivity contribution in [2.24, 2.45) is 0 Å². The maximum absolute atomic E-state index is 12.6. The highest BCUT2D eigenvalue weighted by Crippen LogP contribution is 2.23. The molecule has 128 valence electrons. The van der Waals surface area contributed by atoms with Crippen molar-refractivity contribution < 1.29 is 14.7 Å². The van der Waals surface area contributed by atoms with Crippen molar-refractivity contribution >= 4 is 29.1 Å². The second-order valence-electron chi connectivity index (χ2n) is 5.59. The van der Waals surface area contributed by atoms with E-state index in [1.54, 1.807) is 44.4 Å². The van der Waals surface area contributed by atoms with E-state index in [1.165, 1.54) is 11.0 Å². The lowest BCUT2D eigenvalue weighted by Crippen LogP contribution is -2.33. The summed E-state index contributed by atoms with van der Waals surface area (Å²) in [4.78, 5) is 29.1. The number of ketones is 1. The number of hydrogen-bond acceptors (Lipinski definition) is 3. The van der Waals surface area contributed by atoms with Gasteiger partial charge in [0.05, 0.1) is 17.5 Å². The standard InChI is InChI=1S/C17H20ClN3O3/c1-11(22)7-9-21(2)17(24)20-14-6-5-12(18)10-13(14)16(23)15-4-3-8-19-15/h3-6,8,10-11,19,22H,7,9H2,1-2H3,(H,20,24)/t11-/m0/s1. The number of H-pyrrole nitrogens is 1. The number of rotatable bonds is 6. The van der Waals surface area contributed by atoms with E-state index in [4.69, 9.17) is 11.6 Å². The Kier molecular flexibility index (Phi) is 6.00. The minimum Gasteiger partial charge on any atom is -0.393 e. The maximum Gasteiger partial charge on any atom is 0.321 e. The molecule has 1 atom stereocenters. The molecule has 1 aromatic heterocycles. The van der Waals surface area contributed by atoms with Gasteiger partial charge in [-0.25, -0.2) is 4.79 Å². The van der Waals surface area contributed by atoms with Crippen LogP contribution in [0.4, 0.5) is 10.5 Å². The van der Waals surface area contributed by atoms with Crippen LogP contribution in [0.3, 0.4) is 0 Å². The molecule has 7 heteroatoms. The largest absolute Gasteiger partial charge is 0.393 e. The molecule has 0 radical (unpaired) electrons. The van der Waals surface area contributed by atoms with Crippen molar-refractivity contribution in [1.29, 1.82) is 0 Å². The van der Waals surface area contributed by atoms with Crippen molar-refractivity contribution in [2.75, 3.05) is 18.9 Å². The molecule has 1 heterocycles. The number of nitrogens with zero attached hydrogens (tertiary/aromatic N) is 1. The van der Waals surface area contributed by atoms with Crippen LogP contribution in [0.25, 0.3) is 0 Å². The minimum atomic E-state index is -0.485. The van der Waals surface area contributed by atoms with Gasteiger partial charge in [0.2, 0.25) is 5.78 Å². The monoisotopic (exact) mass is 349 g/mol. The lowest BCUT2D eigenvalue weighted by Gasteiger charge is -2.19. The van der Waals surface area contributed by atoms with Crippen LogP contribution in [0.1, 0.15) is 29.4 Å². The number of benzene rings is 1. The van der Waals surface area contributed by atoms with Crippen molar-refractivity contribution in [3.63, 3.8) is 0 Å². The molecule has 24 heavy (non-hydrogen) atoms. The van der Waals surface area contributed by atoms with Crippen LogP contribution in [0.5, 0.6) is 0 Å². The van der Waals surface area contributed by atoms with Crippen molar-refractivity contribution in [3.8, 4) is 0 Å². The number of nitrogens with one attached hydrogen (secondary N) is 2. The van der Waals surface area contributed by atoms with E-state index in [0.29, 0.717) is 34.9 Å². The third kappa shape index (κ3) is 4.59. The molecular formula is C17H20ClN3O3. The molecule has 0 fully saturated rings. The number of carbonyl (C=O) groups excluding carboxylic acids is 2. The Balaban J connectivity index is 2.18. The summed E-state index contributed by atoms with van der Waals surface area (Å²) >= 11 is 5.99. The minimum absolute atomic E-state index is 0.260. The predicted octanol–water partition coefficient (Wildman–Crippen LogP) is 3.13. The van der Waals surface area contributed by atoms with Crippen LogP contribution >= 0.6 is 11.6 Å². The number of aromatic amines is 1. The fraction of sp³-hybridized carbons (Fsp3) is 0.294. The van der Waals surface area contributed by atoms with Crippen molar-refractivity contribution in [2.45, 2.75) is 19.4 Å². The van der Waals surface area contributed by atoms with Crippen LogP contribution < -0.4 is 5.32 Å². The number of urea groups is 1. The van der Waals surface area contributed by atoms with E-state index in [-0.39, 0.29) is 11.8 Å². The van der Waals surface area contributed by atoms with E-state index >= 15 is 0 Å².